The van der Waals surface area contributed by atoms with Crippen molar-refractivity contribution in [1.82, 2.24) is 9.97 Å². The van der Waals surface area contributed by atoms with Crippen LogP contribution in [0.1, 0.15) is 0 Å². The van der Waals surface area contributed by atoms with E-state index < -0.39 is 7.92 Å². The molecule has 2 aromatic heterocycles. The van der Waals surface area contributed by atoms with Crippen molar-refractivity contribution in [3.8, 4) is 67.8 Å². The van der Waals surface area contributed by atoms with E-state index in [1.807, 2.05) is 54.9 Å². The molecule has 0 saturated carbocycles. The summed E-state index contributed by atoms with van der Waals surface area (Å²) in [5, 5.41) is 3.55. The van der Waals surface area contributed by atoms with Gasteiger partial charge in [0.15, 0.2) is 0 Å². The molecule has 0 fully saturated rings. The second-order valence-electron chi connectivity index (χ2n) is 11.1. The van der Waals surface area contributed by atoms with Crippen molar-refractivity contribution in [2.45, 2.75) is 0 Å². The van der Waals surface area contributed by atoms with Gasteiger partial charge < -0.3 is 9.47 Å². The fraction of sp³-hybridized carbons (Fsp3) is 0. The molecule has 0 aliphatic carbocycles. The summed E-state index contributed by atoms with van der Waals surface area (Å²) < 4.78 is 13.1. The summed E-state index contributed by atoms with van der Waals surface area (Å²) in [6.45, 7) is 0. The van der Waals surface area contributed by atoms with Crippen LogP contribution >= 0.6 is 7.92 Å². The molecule has 212 valence electrons. The van der Waals surface area contributed by atoms with Gasteiger partial charge in [0.2, 0.25) is 0 Å². The lowest BCUT2D eigenvalue weighted by Gasteiger charge is -2.34. The van der Waals surface area contributed by atoms with Crippen molar-refractivity contribution in [3.63, 3.8) is 0 Å². The van der Waals surface area contributed by atoms with E-state index in [1.165, 1.54) is 10.6 Å². The van der Waals surface area contributed by atoms with Gasteiger partial charge in [0, 0.05) is 42.1 Å². The number of benzene rings is 5. The van der Waals surface area contributed by atoms with E-state index >= 15 is 0 Å². The van der Waals surface area contributed by atoms with E-state index in [0.717, 1.165) is 73.1 Å². The van der Waals surface area contributed by atoms with Crippen LogP contribution in [-0.4, -0.2) is 9.97 Å². The van der Waals surface area contributed by atoms with Gasteiger partial charge in [-0.15, -0.1) is 0 Å². The summed E-state index contributed by atoms with van der Waals surface area (Å²) in [6, 6.07) is 48.4. The predicted molar refractivity (Wildman–Crippen MR) is 183 cm³/mol. The molecule has 5 heteroatoms. The fourth-order valence-electron chi connectivity index (χ4n) is 6.15. The van der Waals surface area contributed by atoms with Crippen molar-refractivity contribution in [1.29, 1.82) is 0 Å². The number of ether oxygens (including phenoxy) is 2. The van der Waals surface area contributed by atoms with E-state index in [4.69, 9.17) is 9.47 Å². The zero-order valence-electron chi connectivity index (χ0n) is 24.1. The van der Waals surface area contributed by atoms with Crippen LogP contribution in [-0.2, 0) is 0 Å². The van der Waals surface area contributed by atoms with E-state index in [2.05, 4.69) is 107 Å². The number of hydrogen-bond acceptors (Lipinski definition) is 4. The molecule has 0 radical (unpaired) electrons. The van der Waals surface area contributed by atoms with E-state index in [-0.39, 0.29) is 0 Å². The lowest BCUT2D eigenvalue weighted by Crippen LogP contribution is -2.31. The minimum absolute atomic E-state index is 0.851. The molecule has 9 rings (SSSR count). The molecule has 7 aromatic rings. The summed E-state index contributed by atoms with van der Waals surface area (Å²) in [5.41, 5.74) is 8.65. The topological polar surface area (TPSA) is 44.2 Å². The maximum Gasteiger partial charge on any atom is 0.139 e. The molecule has 45 heavy (non-hydrogen) atoms. The minimum Gasteiger partial charge on any atom is -0.456 e. The SMILES string of the molecule is c1ccc(-c2ccc(-c3ccc4c(c3)Oc3cccc5c3P4c3ccc(-c4ccc(-c6ccccn6)cc4)cc3O5)cc2)nc1. The Balaban J connectivity index is 1.07. The van der Waals surface area contributed by atoms with Crippen LogP contribution < -0.4 is 25.4 Å². The summed E-state index contributed by atoms with van der Waals surface area (Å²) in [4.78, 5) is 8.97. The van der Waals surface area contributed by atoms with Crippen LogP contribution in [0.2, 0.25) is 0 Å². The molecule has 0 atom stereocenters. The maximum atomic E-state index is 6.56. The Hall–Kier alpha value is -5.57. The van der Waals surface area contributed by atoms with Gasteiger partial charge in [-0.3, -0.25) is 9.97 Å². The molecule has 0 bridgehead atoms. The largest absolute Gasteiger partial charge is 0.456 e. The molecular weight excluding hydrogens is 571 g/mol. The minimum atomic E-state index is -0.851. The van der Waals surface area contributed by atoms with Crippen LogP contribution in [0.25, 0.3) is 44.8 Å². The highest BCUT2D eigenvalue weighted by molar-refractivity contribution is 7.80. The number of fused-ring (bicyclic) bond motifs is 4. The molecule has 2 aliphatic rings. The van der Waals surface area contributed by atoms with Gasteiger partial charge in [-0.05, 0) is 82.9 Å². The van der Waals surface area contributed by atoms with Gasteiger partial charge in [0.05, 0.1) is 16.7 Å². The van der Waals surface area contributed by atoms with Crippen molar-refractivity contribution in [2.24, 2.45) is 0 Å². The third-order valence-electron chi connectivity index (χ3n) is 8.38. The summed E-state index contributed by atoms with van der Waals surface area (Å²) >= 11 is 0. The average Bonchev–Trinajstić information content (AvgIpc) is 3.12. The molecule has 0 saturated heterocycles. The van der Waals surface area contributed by atoms with E-state index in [9.17, 15) is 0 Å². The first kappa shape index (κ1) is 25.9. The predicted octanol–water partition coefficient (Wildman–Crippen LogP) is 9.11. The van der Waals surface area contributed by atoms with Crippen LogP contribution in [0.3, 0.4) is 0 Å². The highest BCUT2D eigenvalue weighted by Crippen LogP contribution is 2.53. The molecule has 2 aliphatic heterocycles. The Morgan fingerprint density at radius 2 is 0.822 bits per heavy atom. The third kappa shape index (κ3) is 4.50. The Labute approximate surface area is 262 Å². The Morgan fingerprint density at radius 1 is 0.378 bits per heavy atom. The molecule has 0 amide bonds. The lowest BCUT2D eigenvalue weighted by atomic mass is 10.0. The molecule has 0 unspecified atom stereocenters. The first-order chi connectivity index (χ1) is 22.3. The Kier molecular flexibility index (Phi) is 6.07. The second kappa shape index (κ2) is 10.6. The molecule has 0 spiro atoms. The number of aromatic nitrogens is 2. The van der Waals surface area contributed by atoms with Crippen molar-refractivity contribution < 1.29 is 9.47 Å². The standard InChI is InChI=1S/C40H25N2O2P/c1-3-22-41-32(6-1)28-14-10-26(11-15-28)30-18-20-38-36(24-30)43-34-8-5-9-35-40(34)45(38)39-21-19-31(25-37(39)44-35)27-12-16-29(17-13-27)33-7-2-4-23-42-33/h1-25H. The number of hydrogen-bond donors (Lipinski definition) is 0. The van der Waals surface area contributed by atoms with Crippen LogP contribution in [0.4, 0.5) is 0 Å². The van der Waals surface area contributed by atoms with Crippen LogP contribution in [0, 0.1) is 0 Å². The first-order valence-corrected chi connectivity index (χ1v) is 16.2. The van der Waals surface area contributed by atoms with Crippen molar-refractivity contribution >= 4 is 23.8 Å². The highest BCUT2D eigenvalue weighted by atomic mass is 31.1. The zero-order valence-corrected chi connectivity index (χ0v) is 25.0. The van der Waals surface area contributed by atoms with Gasteiger partial charge in [-0.2, -0.15) is 0 Å². The molecule has 4 nitrogen and oxygen atoms in total. The highest BCUT2D eigenvalue weighted by Gasteiger charge is 2.37. The van der Waals surface area contributed by atoms with Gasteiger partial charge in [-0.1, -0.05) is 78.9 Å². The zero-order chi connectivity index (χ0) is 29.7. The molecule has 0 N–H and O–H groups in total. The van der Waals surface area contributed by atoms with E-state index in [1.54, 1.807) is 0 Å². The van der Waals surface area contributed by atoms with Crippen molar-refractivity contribution in [3.05, 3.63) is 152 Å². The van der Waals surface area contributed by atoms with Crippen LogP contribution in [0.15, 0.2) is 152 Å². The Bertz CT molecular complexity index is 2050. The van der Waals surface area contributed by atoms with Gasteiger partial charge in [0.1, 0.15) is 23.0 Å². The number of rotatable bonds is 4. The molecule has 5 aromatic carbocycles. The average molecular weight is 597 g/mol. The van der Waals surface area contributed by atoms with Crippen molar-refractivity contribution in [2.75, 3.05) is 0 Å². The normalized spacial score (nSPS) is 12.7. The second-order valence-corrected chi connectivity index (χ2v) is 13.2. The number of nitrogens with zero attached hydrogens (tertiary/aromatic N) is 2. The fourth-order valence-corrected chi connectivity index (χ4v) is 8.68. The van der Waals surface area contributed by atoms with Gasteiger partial charge in [0.25, 0.3) is 0 Å². The third-order valence-corrected chi connectivity index (χ3v) is 11.0. The van der Waals surface area contributed by atoms with E-state index in [0.29, 0.717) is 0 Å². The van der Waals surface area contributed by atoms with Gasteiger partial charge >= 0.3 is 0 Å². The summed E-state index contributed by atoms with van der Waals surface area (Å²) in [5.74, 6) is 3.54. The maximum absolute atomic E-state index is 6.56. The van der Waals surface area contributed by atoms with Gasteiger partial charge in [-0.25, -0.2) is 0 Å². The summed E-state index contributed by atoms with van der Waals surface area (Å²) in [6.07, 6.45) is 3.65. The smallest absolute Gasteiger partial charge is 0.139 e. The number of pyridine rings is 2. The molecule has 4 heterocycles. The van der Waals surface area contributed by atoms with Crippen LogP contribution in [0.5, 0.6) is 23.0 Å². The Morgan fingerprint density at radius 3 is 1.27 bits per heavy atom. The molecular formula is C40H25N2O2P. The monoisotopic (exact) mass is 596 g/mol. The summed E-state index contributed by atoms with van der Waals surface area (Å²) in [7, 11) is -0.851. The lowest BCUT2D eigenvalue weighted by molar-refractivity contribution is 0.467. The first-order valence-electron chi connectivity index (χ1n) is 14.9. The quantitative estimate of drug-likeness (QED) is 0.190.